The Kier molecular flexibility index (Phi) is 6.82. The third kappa shape index (κ3) is 5.33. The second-order valence-corrected chi connectivity index (χ2v) is 8.54. The molecule has 2 heterocycles. The Balaban J connectivity index is 1.61. The van der Waals surface area contributed by atoms with Crippen molar-refractivity contribution in [3.8, 4) is 5.69 Å². The monoisotopic (exact) mass is 464 g/mol. The van der Waals surface area contributed by atoms with Crippen LogP contribution in [-0.2, 0) is 12.3 Å². The lowest BCUT2D eigenvalue weighted by Crippen LogP contribution is -2.24. The molecule has 0 aliphatic carbocycles. The number of hydrogen-bond acceptors (Lipinski definition) is 6. The van der Waals surface area contributed by atoms with Crippen molar-refractivity contribution in [3.63, 3.8) is 0 Å². The number of halogens is 1. The Morgan fingerprint density at radius 3 is 2.41 bits per heavy atom. The van der Waals surface area contributed by atoms with Crippen LogP contribution in [0.4, 0.5) is 0 Å². The summed E-state index contributed by atoms with van der Waals surface area (Å²) in [4.78, 5) is 21.9. The van der Waals surface area contributed by atoms with E-state index in [0.29, 0.717) is 28.2 Å². The van der Waals surface area contributed by atoms with Crippen LogP contribution in [0.5, 0.6) is 0 Å². The smallest absolute Gasteiger partial charge is 0.274 e. The van der Waals surface area contributed by atoms with Crippen LogP contribution in [0.2, 0.25) is 5.02 Å². The van der Waals surface area contributed by atoms with Gasteiger partial charge in [-0.2, -0.15) is 0 Å². The molecule has 1 N–H and O–H groups in total. The van der Waals surface area contributed by atoms with Gasteiger partial charge in [-0.3, -0.25) is 4.79 Å². The van der Waals surface area contributed by atoms with Gasteiger partial charge in [0, 0.05) is 28.7 Å². The number of aryl methyl sites for hydroxylation is 2. The highest BCUT2D eigenvalue weighted by Crippen LogP contribution is 2.24. The minimum Gasteiger partial charge on any atom is -0.347 e. The molecular weight excluding hydrogens is 444 g/mol. The van der Waals surface area contributed by atoms with E-state index < -0.39 is 0 Å². The molecule has 0 unspecified atom stereocenters. The van der Waals surface area contributed by atoms with Crippen molar-refractivity contribution >= 4 is 29.3 Å². The lowest BCUT2D eigenvalue weighted by molar-refractivity contribution is 0.0945. The summed E-state index contributed by atoms with van der Waals surface area (Å²) in [5.74, 6) is 0.137. The van der Waals surface area contributed by atoms with Crippen molar-refractivity contribution in [1.82, 2.24) is 30.3 Å². The van der Waals surface area contributed by atoms with E-state index in [1.807, 2.05) is 62.4 Å². The van der Waals surface area contributed by atoms with Gasteiger partial charge in [-0.1, -0.05) is 58.9 Å². The fourth-order valence-corrected chi connectivity index (χ4v) is 4.22. The molecule has 0 fully saturated rings. The highest BCUT2D eigenvalue weighted by atomic mass is 35.5. The summed E-state index contributed by atoms with van der Waals surface area (Å²) in [7, 11) is 0. The van der Waals surface area contributed by atoms with E-state index in [-0.39, 0.29) is 11.6 Å². The zero-order valence-corrected chi connectivity index (χ0v) is 19.2. The second kappa shape index (κ2) is 9.93. The van der Waals surface area contributed by atoms with E-state index >= 15 is 0 Å². The zero-order chi connectivity index (χ0) is 22.5. The number of nitrogens with one attached hydrogen (secondary N) is 1. The second-order valence-electron chi connectivity index (χ2n) is 7.16. The summed E-state index contributed by atoms with van der Waals surface area (Å²) in [5, 5.41) is 12.6. The molecular formula is C23H21ClN6OS. The van der Waals surface area contributed by atoms with E-state index in [1.165, 1.54) is 11.8 Å². The van der Waals surface area contributed by atoms with Crippen molar-refractivity contribution in [2.24, 2.45) is 0 Å². The van der Waals surface area contributed by atoms with Crippen LogP contribution in [0.1, 0.15) is 33.1 Å². The minimum atomic E-state index is -0.286. The lowest BCUT2D eigenvalue weighted by atomic mass is 10.2. The number of carbonyl (C=O) groups excluding carboxylic acids is 1. The summed E-state index contributed by atoms with van der Waals surface area (Å²) >= 11 is 7.47. The Bertz CT molecular complexity index is 1210. The summed E-state index contributed by atoms with van der Waals surface area (Å²) in [6, 6.07) is 18.9. The molecule has 0 spiro atoms. The van der Waals surface area contributed by atoms with Crippen LogP contribution in [0.15, 0.2) is 65.8 Å². The molecule has 0 atom stereocenters. The highest BCUT2D eigenvalue weighted by Gasteiger charge is 2.21. The number of nitrogens with zero attached hydrogens (tertiary/aromatic N) is 5. The first-order chi connectivity index (χ1) is 15.5. The zero-order valence-electron chi connectivity index (χ0n) is 17.6. The van der Waals surface area contributed by atoms with Crippen molar-refractivity contribution in [1.29, 1.82) is 0 Å². The predicted octanol–water partition coefficient (Wildman–Crippen LogP) is 4.55. The third-order valence-corrected chi connectivity index (χ3v) is 5.76. The average molecular weight is 465 g/mol. The van der Waals surface area contributed by atoms with Crippen molar-refractivity contribution in [2.75, 3.05) is 0 Å². The quantitative estimate of drug-likeness (QED) is 0.319. The normalized spacial score (nSPS) is 10.8. The molecule has 4 rings (SSSR count). The Morgan fingerprint density at radius 2 is 1.72 bits per heavy atom. The van der Waals surface area contributed by atoms with Crippen LogP contribution < -0.4 is 5.32 Å². The molecule has 2 aromatic carbocycles. The van der Waals surface area contributed by atoms with Crippen LogP contribution >= 0.6 is 23.4 Å². The number of hydrogen-bond donors (Lipinski definition) is 1. The number of aromatic nitrogens is 5. The van der Waals surface area contributed by atoms with Crippen molar-refractivity contribution in [3.05, 3.63) is 94.0 Å². The maximum Gasteiger partial charge on any atom is 0.274 e. The van der Waals surface area contributed by atoms with Gasteiger partial charge in [-0.05, 0) is 49.7 Å². The van der Waals surface area contributed by atoms with Gasteiger partial charge in [0.2, 0.25) is 0 Å². The highest BCUT2D eigenvalue weighted by molar-refractivity contribution is 7.98. The van der Waals surface area contributed by atoms with Crippen LogP contribution in [0.25, 0.3) is 5.69 Å². The summed E-state index contributed by atoms with van der Waals surface area (Å²) in [6.07, 6.45) is 0. The Morgan fingerprint density at radius 1 is 1.03 bits per heavy atom. The van der Waals surface area contributed by atoms with Crippen molar-refractivity contribution < 1.29 is 4.79 Å². The first kappa shape index (κ1) is 22.0. The largest absolute Gasteiger partial charge is 0.347 e. The molecule has 0 saturated carbocycles. The van der Waals surface area contributed by atoms with E-state index in [1.54, 1.807) is 16.8 Å². The fourth-order valence-electron chi connectivity index (χ4n) is 3.15. The molecule has 0 saturated heterocycles. The van der Waals surface area contributed by atoms with E-state index in [2.05, 4.69) is 25.6 Å². The van der Waals surface area contributed by atoms with Gasteiger partial charge in [-0.25, -0.2) is 14.6 Å². The van der Waals surface area contributed by atoms with Crippen LogP contribution in [0, 0.1) is 13.8 Å². The van der Waals surface area contributed by atoms with Crippen LogP contribution in [0.3, 0.4) is 0 Å². The van der Waals surface area contributed by atoms with Gasteiger partial charge in [0.25, 0.3) is 5.91 Å². The fraction of sp³-hybridized carbons (Fsp3) is 0.174. The van der Waals surface area contributed by atoms with E-state index in [9.17, 15) is 4.79 Å². The number of rotatable bonds is 7. The number of carbonyl (C=O) groups is 1. The molecule has 0 radical (unpaired) electrons. The van der Waals surface area contributed by atoms with Gasteiger partial charge >= 0.3 is 0 Å². The lowest BCUT2D eigenvalue weighted by Gasteiger charge is -2.09. The number of thioether (sulfide) groups is 1. The van der Waals surface area contributed by atoms with Crippen molar-refractivity contribution in [2.45, 2.75) is 31.3 Å². The first-order valence-corrected chi connectivity index (χ1v) is 11.3. The molecule has 9 heteroatoms. The summed E-state index contributed by atoms with van der Waals surface area (Å²) < 4.78 is 1.66. The Labute approximate surface area is 195 Å². The SMILES string of the molecule is Cc1cc(C)nc(SCc2c(C(=O)NCc3ccccc3)nnn2-c2ccc(Cl)cc2)n1. The van der Waals surface area contributed by atoms with Gasteiger partial charge < -0.3 is 5.32 Å². The molecule has 4 aromatic rings. The maximum atomic E-state index is 13.0. The van der Waals surface area contributed by atoms with Gasteiger partial charge in [0.15, 0.2) is 10.9 Å². The van der Waals surface area contributed by atoms with Gasteiger partial charge in [0.1, 0.15) is 0 Å². The molecule has 0 bridgehead atoms. The van der Waals surface area contributed by atoms with E-state index in [0.717, 1.165) is 22.6 Å². The molecule has 2 aromatic heterocycles. The molecule has 162 valence electrons. The standard InChI is InChI=1S/C23H21ClN6OS/c1-15-12-16(2)27-23(26-15)32-14-20-21(22(31)25-13-17-6-4-3-5-7-17)28-29-30(20)19-10-8-18(24)9-11-19/h3-12H,13-14H2,1-2H3,(H,25,31). The minimum absolute atomic E-state index is 0.271. The summed E-state index contributed by atoms with van der Waals surface area (Å²) in [6.45, 7) is 4.27. The average Bonchev–Trinajstić information content (AvgIpc) is 3.20. The first-order valence-electron chi connectivity index (χ1n) is 9.97. The summed E-state index contributed by atoms with van der Waals surface area (Å²) in [5.41, 5.74) is 4.49. The molecule has 0 aliphatic rings. The number of amides is 1. The van der Waals surface area contributed by atoms with E-state index in [4.69, 9.17) is 11.6 Å². The van der Waals surface area contributed by atoms with Gasteiger partial charge in [0.05, 0.1) is 11.4 Å². The van der Waals surface area contributed by atoms with Crippen LogP contribution in [-0.4, -0.2) is 30.9 Å². The van der Waals surface area contributed by atoms with Gasteiger partial charge in [-0.15, -0.1) is 5.10 Å². The molecule has 1 amide bonds. The molecule has 0 aliphatic heterocycles. The predicted molar refractivity (Wildman–Crippen MR) is 125 cm³/mol. The topological polar surface area (TPSA) is 85.6 Å². The number of benzene rings is 2. The maximum absolute atomic E-state index is 13.0. The molecule has 7 nitrogen and oxygen atoms in total. The Hall–Kier alpha value is -3.23. The molecule has 32 heavy (non-hydrogen) atoms. The third-order valence-electron chi connectivity index (χ3n) is 4.65.